The summed E-state index contributed by atoms with van der Waals surface area (Å²) in [5.41, 5.74) is 13.6. The average molecular weight is 447 g/mol. The number of nitrogens with zero attached hydrogens (tertiary/aromatic N) is 1. The third-order valence-corrected chi connectivity index (χ3v) is 7.93. The molecule has 0 N–H and O–H groups in total. The highest BCUT2D eigenvalue weighted by molar-refractivity contribution is 6.12. The number of aryl methyl sites for hydroxylation is 3. The quantitative estimate of drug-likeness (QED) is 0.250. The maximum atomic E-state index is 6.90. The molecule has 5 aromatic rings. The molecule has 170 valence electrons. The summed E-state index contributed by atoms with van der Waals surface area (Å²) < 4.78 is 9.15. The van der Waals surface area contributed by atoms with Crippen molar-refractivity contribution in [1.29, 1.82) is 0 Å². The fourth-order valence-corrected chi connectivity index (χ4v) is 6.23. The molecule has 0 aliphatic heterocycles. The predicted octanol–water partition coefficient (Wildman–Crippen LogP) is 8.12. The highest BCUT2D eigenvalue weighted by Crippen LogP contribution is 2.53. The van der Waals surface area contributed by atoms with Crippen molar-refractivity contribution in [3.8, 4) is 22.4 Å². The zero-order chi connectivity index (χ0) is 23.9. The van der Waals surface area contributed by atoms with Gasteiger partial charge in [-0.25, -0.2) is 4.57 Å². The lowest BCUT2D eigenvalue weighted by atomic mass is 9.82. The molecule has 0 atom stereocenters. The standard InChI is InChI=1S/C32H32NO/c1-18(2)25-16-27(33(7)17-20(25)4)28-19(3)12-13-23-24-15-14-22-21-10-8-9-11-26(21)32(5,6)29(22)31(24)34-30(23)28/h8-18H,1-7H3/q+1. The largest absolute Gasteiger partial charge is 0.455 e. The van der Waals surface area contributed by atoms with Crippen LogP contribution in [-0.4, -0.2) is 0 Å². The fourth-order valence-electron chi connectivity index (χ4n) is 6.23. The number of pyridine rings is 1. The Morgan fingerprint density at radius 3 is 2.29 bits per heavy atom. The van der Waals surface area contributed by atoms with E-state index in [1.54, 1.807) is 0 Å². The van der Waals surface area contributed by atoms with Gasteiger partial charge >= 0.3 is 0 Å². The van der Waals surface area contributed by atoms with Crippen LogP contribution in [0.15, 0.2) is 65.2 Å². The monoisotopic (exact) mass is 446 g/mol. The van der Waals surface area contributed by atoms with Crippen LogP contribution < -0.4 is 4.57 Å². The second-order valence-electron chi connectivity index (χ2n) is 10.8. The summed E-state index contributed by atoms with van der Waals surface area (Å²) in [6, 6.07) is 20.2. The first kappa shape index (κ1) is 21.2. The average Bonchev–Trinajstić information content (AvgIpc) is 3.27. The summed E-state index contributed by atoms with van der Waals surface area (Å²) in [5.74, 6) is 0.470. The normalized spacial score (nSPS) is 14.2. The van der Waals surface area contributed by atoms with Crippen LogP contribution in [0.25, 0.3) is 44.3 Å². The summed E-state index contributed by atoms with van der Waals surface area (Å²) in [7, 11) is 2.14. The van der Waals surface area contributed by atoms with Gasteiger partial charge in [0, 0.05) is 33.4 Å². The number of benzene rings is 3. The molecule has 0 saturated carbocycles. The van der Waals surface area contributed by atoms with Gasteiger partial charge in [0.15, 0.2) is 6.20 Å². The van der Waals surface area contributed by atoms with Gasteiger partial charge in [-0.15, -0.1) is 0 Å². The number of rotatable bonds is 2. The Morgan fingerprint density at radius 1 is 0.824 bits per heavy atom. The van der Waals surface area contributed by atoms with Crippen molar-refractivity contribution >= 4 is 21.9 Å². The number of aromatic nitrogens is 1. The van der Waals surface area contributed by atoms with Crippen molar-refractivity contribution in [2.24, 2.45) is 7.05 Å². The molecule has 6 rings (SSSR count). The maximum absolute atomic E-state index is 6.90. The van der Waals surface area contributed by atoms with Crippen molar-refractivity contribution < 1.29 is 8.98 Å². The van der Waals surface area contributed by atoms with Crippen LogP contribution in [-0.2, 0) is 12.5 Å². The molecule has 0 amide bonds. The molecular formula is C32H32NO+. The minimum absolute atomic E-state index is 0.103. The van der Waals surface area contributed by atoms with E-state index >= 15 is 0 Å². The molecule has 0 bridgehead atoms. The molecule has 1 aliphatic carbocycles. The number of hydrogen-bond donors (Lipinski definition) is 0. The van der Waals surface area contributed by atoms with E-state index in [1.807, 2.05) is 0 Å². The third kappa shape index (κ3) is 2.72. The highest BCUT2D eigenvalue weighted by atomic mass is 16.3. The minimum atomic E-state index is -0.103. The summed E-state index contributed by atoms with van der Waals surface area (Å²) in [6.45, 7) is 13.6. The molecule has 3 aromatic carbocycles. The summed E-state index contributed by atoms with van der Waals surface area (Å²) in [6.07, 6.45) is 2.25. The second-order valence-corrected chi connectivity index (χ2v) is 10.8. The Kier molecular flexibility index (Phi) is 4.39. The van der Waals surface area contributed by atoms with Gasteiger partial charge in [-0.3, -0.25) is 0 Å². The van der Waals surface area contributed by atoms with Crippen LogP contribution >= 0.6 is 0 Å². The molecule has 2 heterocycles. The first-order valence-electron chi connectivity index (χ1n) is 12.3. The third-order valence-electron chi connectivity index (χ3n) is 7.93. The van der Waals surface area contributed by atoms with E-state index in [9.17, 15) is 0 Å². The number of fused-ring (bicyclic) bond motifs is 7. The Hall–Kier alpha value is -3.39. The van der Waals surface area contributed by atoms with E-state index in [0.717, 1.165) is 11.2 Å². The molecule has 0 spiro atoms. The van der Waals surface area contributed by atoms with Crippen molar-refractivity contribution in [2.45, 2.75) is 52.9 Å². The van der Waals surface area contributed by atoms with Crippen LogP contribution in [0.2, 0.25) is 0 Å². The maximum Gasteiger partial charge on any atom is 0.216 e. The van der Waals surface area contributed by atoms with Crippen molar-refractivity contribution in [2.75, 3.05) is 0 Å². The van der Waals surface area contributed by atoms with Crippen molar-refractivity contribution in [3.63, 3.8) is 0 Å². The van der Waals surface area contributed by atoms with Crippen molar-refractivity contribution in [1.82, 2.24) is 0 Å². The number of hydrogen-bond acceptors (Lipinski definition) is 1. The summed E-state index contributed by atoms with van der Waals surface area (Å²) >= 11 is 0. The van der Waals surface area contributed by atoms with Crippen LogP contribution in [0, 0.1) is 13.8 Å². The van der Waals surface area contributed by atoms with Crippen LogP contribution in [0.4, 0.5) is 0 Å². The lowest BCUT2D eigenvalue weighted by Crippen LogP contribution is -2.32. The lowest BCUT2D eigenvalue weighted by molar-refractivity contribution is -0.660. The first-order valence-corrected chi connectivity index (χ1v) is 12.3. The molecule has 0 fully saturated rings. The van der Waals surface area contributed by atoms with Gasteiger partial charge in [-0.2, -0.15) is 0 Å². The molecule has 2 nitrogen and oxygen atoms in total. The molecule has 1 aliphatic rings. The number of furan rings is 1. The van der Waals surface area contributed by atoms with Gasteiger partial charge in [0.25, 0.3) is 0 Å². The molecule has 34 heavy (non-hydrogen) atoms. The van der Waals surface area contributed by atoms with E-state index in [4.69, 9.17) is 4.42 Å². The summed E-state index contributed by atoms with van der Waals surface area (Å²) in [4.78, 5) is 0. The predicted molar refractivity (Wildman–Crippen MR) is 141 cm³/mol. The van der Waals surface area contributed by atoms with Gasteiger partial charge in [0.2, 0.25) is 5.69 Å². The molecule has 0 saturated heterocycles. The van der Waals surface area contributed by atoms with Crippen molar-refractivity contribution in [3.05, 3.63) is 88.6 Å². The molecule has 0 unspecified atom stereocenters. The topological polar surface area (TPSA) is 17.0 Å². The minimum Gasteiger partial charge on any atom is -0.455 e. The van der Waals surface area contributed by atoms with Crippen LogP contribution in [0.5, 0.6) is 0 Å². The van der Waals surface area contributed by atoms with E-state index in [1.165, 1.54) is 61.0 Å². The van der Waals surface area contributed by atoms with Crippen LogP contribution in [0.3, 0.4) is 0 Å². The lowest BCUT2D eigenvalue weighted by Gasteiger charge is -2.21. The molecular weight excluding hydrogens is 414 g/mol. The zero-order valence-electron chi connectivity index (χ0n) is 21.2. The van der Waals surface area contributed by atoms with Gasteiger partial charge in [0.1, 0.15) is 18.2 Å². The highest BCUT2D eigenvalue weighted by Gasteiger charge is 2.38. The Labute approximate surface area is 201 Å². The first-order chi connectivity index (χ1) is 16.2. The molecule has 0 radical (unpaired) electrons. The van der Waals surface area contributed by atoms with E-state index in [0.29, 0.717) is 5.92 Å². The van der Waals surface area contributed by atoms with Gasteiger partial charge in [-0.05, 0) is 53.6 Å². The van der Waals surface area contributed by atoms with E-state index in [-0.39, 0.29) is 5.41 Å². The molecule has 2 heteroatoms. The molecule has 2 aromatic heterocycles. The van der Waals surface area contributed by atoms with Gasteiger partial charge in [-0.1, -0.05) is 70.2 Å². The SMILES string of the molecule is Cc1c[n+](C)c(-c2c(C)ccc3c2oc2c4c(ccc23)-c2ccccc2C4(C)C)cc1C(C)C. The van der Waals surface area contributed by atoms with Gasteiger partial charge in [0.05, 0.1) is 5.56 Å². The van der Waals surface area contributed by atoms with E-state index in [2.05, 4.69) is 114 Å². The smallest absolute Gasteiger partial charge is 0.216 e. The Balaban J connectivity index is 1.71. The van der Waals surface area contributed by atoms with E-state index < -0.39 is 0 Å². The zero-order valence-corrected chi connectivity index (χ0v) is 21.2. The second kappa shape index (κ2) is 7.06. The van der Waals surface area contributed by atoms with Crippen LogP contribution in [0.1, 0.15) is 61.4 Å². The van der Waals surface area contributed by atoms with Gasteiger partial charge < -0.3 is 4.42 Å². The fraction of sp³-hybridized carbons (Fsp3) is 0.281. The Bertz CT molecular complexity index is 1630. The summed E-state index contributed by atoms with van der Waals surface area (Å²) in [5, 5.41) is 2.39. The Morgan fingerprint density at radius 2 is 1.53 bits per heavy atom.